The highest BCUT2D eigenvalue weighted by Gasteiger charge is 2.02. The molecule has 4 heteroatoms. The average molecular weight is 202 g/mol. The minimum absolute atomic E-state index is 0.0363. The maximum absolute atomic E-state index is 11.1. The van der Waals surface area contributed by atoms with Crippen molar-refractivity contribution < 1.29 is 4.79 Å². The van der Waals surface area contributed by atoms with Crippen LogP contribution in [0.5, 0.6) is 0 Å². The summed E-state index contributed by atoms with van der Waals surface area (Å²) in [6.07, 6.45) is 2.26. The Morgan fingerprint density at radius 3 is 3.00 bits per heavy atom. The SMILES string of the molecule is C=CCSCCNC(=O)CC(C)N. The lowest BCUT2D eigenvalue weighted by atomic mass is 10.2. The highest BCUT2D eigenvalue weighted by Crippen LogP contribution is 1.97. The van der Waals surface area contributed by atoms with Crippen molar-refractivity contribution in [3.8, 4) is 0 Å². The zero-order valence-electron chi connectivity index (χ0n) is 8.08. The molecule has 0 spiro atoms. The first-order chi connectivity index (χ1) is 6.16. The second-order valence-corrected chi connectivity index (χ2v) is 4.04. The van der Waals surface area contributed by atoms with Crippen LogP contribution in [0.15, 0.2) is 12.7 Å². The van der Waals surface area contributed by atoms with Gasteiger partial charge in [-0.1, -0.05) is 6.08 Å². The van der Waals surface area contributed by atoms with Gasteiger partial charge in [0.1, 0.15) is 0 Å². The topological polar surface area (TPSA) is 55.1 Å². The Labute approximate surface area is 84.1 Å². The summed E-state index contributed by atoms with van der Waals surface area (Å²) in [5.74, 6) is 1.90. The smallest absolute Gasteiger partial charge is 0.221 e. The van der Waals surface area contributed by atoms with Gasteiger partial charge in [-0.05, 0) is 6.92 Å². The summed E-state index contributed by atoms with van der Waals surface area (Å²) < 4.78 is 0. The minimum atomic E-state index is -0.0548. The molecule has 0 aliphatic rings. The van der Waals surface area contributed by atoms with E-state index >= 15 is 0 Å². The number of rotatable bonds is 7. The molecule has 1 amide bonds. The molecule has 76 valence electrons. The summed E-state index contributed by atoms with van der Waals surface area (Å²) in [5, 5.41) is 2.80. The molecule has 0 rings (SSSR count). The van der Waals surface area contributed by atoms with E-state index in [1.165, 1.54) is 0 Å². The maximum atomic E-state index is 11.1. The van der Waals surface area contributed by atoms with E-state index in [-0.39, 0.29) is 11.9 Å². The van der Waals surface area contributed by atoms with Gasteiger partial charge in [-0.25, -0.2) is 0 Å². The molecule has 0 fully saturated rings. The third-order valence-corrected chi connectivity index (χ3v) is 2.28. The van der Waals surface area contributed by atoms with Crippen LogP contribution in [-0.2, 0) is 4.79 Å². The molecule has 1 unspecified atom stereocenters. The fourth-order valence-electron chi connectivity index (χ4n) is 0.794. The van der Waals surface area contributed by atoms with Crippen molar-refractivity contribution in [3.05, 3.63) is 12.7 Å². The molecule has 13 heavy (non-hydrogen) atoms. The molecule has 0 aromatic heterocycles. The van der Waals surface area contributed by atoms with Gasteiger partial charge in [0.15, 0.2) is 0 Å². The van der Waals surface area contributed by atoms with Crippen LogP contribution in [-0.4, -0.2) is 30.0 Å². The molecule has 0 saturated carbocycles. The van der Waals surface area contributed by atoms with Crippen molar-refractivity contribution in [2.45, 2.75) is 19.4 Å². The van der Waals surface area contributed by atoms with E-state index < -0.39 is 0 Å². The monoisotopic (exact) mass is 202 g/mol. The molecule has 0 bridgehead atoms. The number of hydrogen-bond acceptors (Lipinski definition) is 3. The van der Waals surface area contributed by atoms with Gasteiger partial charge in [0, 0.05) is 30.5 Å². The second kappa shape index (κ2) is 8.13. The summed E-state index contributed by atoms with van der Waals surface area (Å²) >= 11 is 1.75. The van der Waals surface area contributed by atoms with Gasteiger partial charge in [-0.2, -0.15) is 11.8 Å². The van der Waals surface area contributed by atoms with Crippen LogP contribution >= 0.6 is 11.8 Å². The lowest BCUT2D eigenvalue weighted by molar-refractivity contribution is -0.121. The van der Waals surface area contributed by atoms with E-state index in [0.29, 0.717) is 13.0 Å². The standard InChI is InChI=1S/C9H18N2OS/c1-3-5-13-6-4-11-9(12)7-8(2)10/h3,8H,1,4-7,10H2,2H3,(H,11,12). The van der Waals surface area contributed by atoms with Crippen LogP contribution in [0.1, 0.15) is 13.3 Å². The van der Waals surface area contributed by atoms with Crippen molar-refractivity contribution in [2.24, 2.45) is 5.73 Å². The predicted molar refractivity (Wildman–Crippen MR) is 58.8 cm³/mol. The number of thioether (sulfide) groups is 1. The molecule has 3 N–H and O–H groups in total. The van der Waals surface area contributed by atoms with Crippen LogP contribution in [0.25, 0.3) is 0 Å². The van der Waals surface area contributed by atoms with Gasteiger partial charge in [0.25, 0.3) is 0 Å². The van der Waals surface area contributed by atoms with Gasteiger partial charge in [-0.3, -0.25) is 4.79 Å². The van der Waals surface area contributed by atoms with Crippen LogP contribution in [0, 0.1) is 0 Å². The largest absolute Gasteiger partial charge is 0.355 e. The zero-order valence-corrected chi connectivity index (χ0v) is 8.90. The Balaban J connectivity index is 3.22. The van der Waals surface area contributed by atoms with E-state index in [0.717, 1.165) is 11.5 Å². The Morgan fingerprint density at radius 2 is 2.46 bits per heavy atom. The van der Waals surface area contributed by atoms with Crippen molar-refractivity contribution in [3.63, 3.8) is 0 Å². The van der Waals surface area contributed by atoms with Crippen LogP contribution in [0.3, 0.4) is 0 Å². The average Bonchev–Trinajstić information content (AvgIpc) is 2.02. The third kappa shape index (κ3) is 9.43. The first-order valence-corrected chi connectivity index (χ1v) is 5.53. The first kappa shape index (κ1) is 12.5. The second-order valence-electron chi connectivity index (χ2n) is 2.89. The van der Waals surface area contributed by atoms with E-state index in [4.69, 9.17) is 5.73 Å². The van der Waals surface area contributed by atoms with Crippen molar-refractivity contribution >= 4 is 17.7 Å². The lowest BCUT2D eigenvalue weighted by Crippen LogP contribution is -2.31. The first-order valence-electron chi connectivity index (χ1n) is 4.37. The molecule has 3 nitrogen and oxygen atoms in total. The van der Waals surface area contributed by atoms with Gasteiger partial charge < -0.3 is 11.1 Å². The molecule has 0 aromatic rings. The van der Waals surface area contributed by atoms with E-state index in [9.17, 15) is 4.79 Å². The van der Waals surface area contributed by atoms with Crippen molar-refractivity contribution in [1.29, 1.82) is 0 Å². The molecular weight excluding hydrogens is 184 g/mol. The molecule has 0 radical (unpaired) electrons. The number of amides is 1. The van der Waals surface area contributed by atoms with Gasteiger partial charge in [0.2, 0.25) is 5.91 Å². The fourth-order valence-corrected chi connectivity index (χ4v) is 1.37. The van der Waals surface area contributed by atoms with Crippen LogP contribution in [0.4, 0.5) is 0 Å². The molecule has 0 aliphatic heterocycles. The summed E-state index contributed by atoms with van der Waals surface area (Å²) in [6, 6.07) is -0.0548. The number of nitrogens with one attached hydrogen (secondary N) is 1. The summed E-state index contributed by atoms with van der Waals surface area (Å²) in [6.45, 7) is 6.15. The predicted octanol–water partition coefficient (Wildman–Crippen LogP) is 0.759. The Hall–Kier alpha value is -0.480. The van der Waals surface area contributed by atoms with Gasteiger partial charge in [0.05, 0.1) is 0 Å². The zero-order chi connectivity index (χ0) is 10.1. The Bertz CT molecular complexity index is 160. The molecular formula is C9H18N2OS. The van der Waals surface area contributed by atoms with E-state index in [1.54, 1.807) is 11.8 Å². The third-order valence-electron chi connectivity index (χ3n) is 1.31. The number of nitrogens with two attached hydrogens (primary N) is 1. The summed E-state index contributed by atoms with van der Waals surface area (Å²) in [5.41, 5.74) is 5.47. The number of carbonyl (C=O) groups excluding carboxylic acids is 1. The Kier molecular flexibility index (Phi) is 7.83. The molecule has 1 atom stereocenters. The highest BCUT2D eigenvalue weighted by atomic mass is 32.2. The lowest BCUT2D eigenvalue weighted by Gasteiger charge is -2.06. The fraction of sp³-hybridized carbons (Fsp3) is 0.667. The Morgan fingerprint density at radius 1 is 1.77 bits per heavy atom. The summed E-state index contributed by atoms with van der Waals surface area (Å²) in [7, 11) is 0. The van der Waals surface area contributed by atoms with Gasteiger partial charge in [-0.15, -0.1) is 6.58 Å². The molecule has 0 aliphatic carbocycles. The van der Waals surface area contributed by atoms with Crippen LogP contribution in [0.2, 0.25) is 0 Å². The molecule has 0 heterocycles. The summed E-state index contributed by atoms with van der Waals surface area (Å²) in [4.78, 5) is 11.1. The number of hydrogen-bond donors (Lipinski definition) is 2. The van der Waals surface area contributed by atoms with Crippen LogP contribution < -0.4 is 11.1 Å². The van der Waals surface area contributed by atoms with E-state index in [2.05, 4.69) is 11.9 Å². The normalized spacial score (nSPS) is 12.2. The number of carbonyl (C=O) groups is 1. The molecule has 0 saturated heterocycles. The quantitative estimate of drug-likeness (QED) is 0.473. The maximum Gasteiger partial charge on any atom is 0.221 e. The van der Waals surface area contributed by atoms with Crippen molar-refractivity contribution in [1.82, 2.24) is 5.32 Å². The van der Waals surface area contributed by atoms with Crippen molar-refractivity contribution in [2.75, 3.05) is 18.1 Å². The van der Waals surface area contributed by atoms with Gasteiger partial charge >= 0.3 is 0 Å². The van der Waals surface area contributed by atoms with E-state index in [1.807, 2.05) is 13.0 Å². The highest BCUT2D eigenvalue weighted by molar-refractivity contribution is 7.99. The minimum Gasteiger partial charge on any atom is -0.355 e. The molecule has 0 aromatic carbocycles.